The summed E-state index contributed by atoms with van der Waals surface area (Å²) in [6, 6.07) is -0.458. The molecule has 3 heterocycles. The first kappa shape index (κ1) is 28.8. The van der Waals surface area contributed by atoms with Crippen LogP contribution in [-0.2, 0) is 9.53 Å². The van der Waals surface area contributed by atoms with Crippen LogP contribution in [0.25, 0.3) is 0 Å². The zero-order valence-corrected chi connectivity index (χ0v) is 22.6. The second-order valence-corrected chi connectivity index (χ2v) is 11.5. The van der Waals surface area contributed by atoms with Gasteiger partial charge in [0.2, 0.25) is 0 Å². The fraction of sp³-hybridized carbons (Fsp3) is 0.615. The lowest BCUT2D eigenvalue weighted by atomic mass is 9.82. The van der Waals surface area contributed by atoms with Crippen LogP contribution in [0.3, 0.4) is 0 Å². The smallest absolute Gasteiger partial charge is 0.378 e. The average Bonchev–Trinajstić information content (AvgIpc) is 3.36. The number of nitrogens with one attached hydrogen (secondary N) is 2. The van der Waals surface area contributed by atoms with Crippen molar-refractivity contribution in [3.05, 3.63) is 39.3 Å². The number of hydrogen-bond acceptors (Lipinski definition) is 6. The molecule has 2 bridgehead atoms. The highest BCUT2D eigenvalue weighted by Crippen LogP contribution is 2.51. The van der Waals surface area contributed by atoms with E-state index in [0.29, 0.717) is 31.9 Å². The molecular formula is C26H31Cl2F3N4O3. The summed E-state index contributed by atoms with van der Waals surface area (Å²) in [6.45, 7) is 1.28. The number of pyridine rings is 1. The molecule has 208 valence electrons. The van der Waals surface area contributed by atoms with Crippen molar-refractivity contribution in [2.24, 2.45) is 0 Å². The van der Waals surface area contributed by atoms with Gasteiger partial charge in [0.05, 0.1) is 45.5 Å². The molecule has 0 atom stereocenters. The van der Waals surface area contributed by atoms with Gasteiger partial charge in [-0.2, -0.15) is 13.2 Å². The van der Waals surface area contributed by atoms with E-state index in [1.165, 1.54) is 12.4 Å². The molecule has 1 saturated carbocycles. The van der Waals surface area contributed by atoms with E-state index in [2.05, 4.69) is 10.3 Å². The van der Waals surface area contributed by atoms with E-state index in [0.717, 1.165) is 37.0 Å². The molecule has 1 amide bonds. The molecular weight excluding hydrogens is 544 g/mol. The number of rotatable bonds is 9. The van der Waals surface area contributed by atoms with Crippen molar-refractivity contribution >= 4 is 41.1 Å². The van der Waals surface area contributed by atoms with Crippen LogP contribution in [0.2, 0.25) is 10.0 Å². The summed E-state index contributed by atoms with van der Waals surface area (Å²) in [6.07, 6.45) is 4.25. The molecule has 3 aliphatic rings. The summed E-state index contributed by atoms with van der Waals surface area (Å²) < 4.78 is 49.0. The molecule has 38 heavy (non-hydrogen) atoms. The van der Waals surface area contributed by atoms with E-state index in [-0.39, 0.29) is 27.8 Å². The molecule has 1 aliphatic carbocycles. The lowest BCUT2D eigenvalue weighted by Gasteiger charge is -2.33. The quantitative estimate of drug-likeness (QED) is 0.218. The Morgan fingerprint density at radius 3 is 2.26 bits per heavy atom. The lowest BCUT2D eigenvalue weighted by molar-refractivity contribution is -0.132. The first-order chi connectivity index (χ1) is 17.9. The maximum Gasteiger partial charge on any atom is 0.431 e. The highest BCUT2D eigenvalue weighted by atomic mass is 35.5. The van der Waals surface area contributed by atoms with Gasteiger partial charge in [0.15, 0.2) is 5.78 Å². The number of ketones is 1. The zero-order chi connectivity index (χ0) is 27.7. The van der Waals surface area contributed by atoms with E-state index in [1.54, 1.807) is 0 Å². The number of aromatic nitrogens is 1. The minimum atomic E-state index is -4.90. The summed E-state index contributed by atoms with van der Waals surface area (Å²) in [5.74, 6) is -1.73. The molecule has 7 nitrogen and oxygen atoms in total. The number of carbonyl (C=O) groups is 2. The predicted molar refractivity (Wildman–Crippen MR) is 138 cm³/mol. The fourth-order valence-electron chi connectivity index (χ4n) is 5.80. The minimum Gasteiger partial charge on any atom is -0.378 e. The summed E-state index contributed by atoms with van der Waals surface area (Å²) in [5, 5.41) is 10.3. The topological polar surface area (TPSA) is 95.4 Å². The van der Waals surface area contributed by atoms with E-state index in [9.17, 15) is 22.8 Å². The molecule has 2 N–H and O–H groups in total. The zero-order valence-electron chi connectivity index (χ0n) is 21.1. The third kappa shape index (κ3) is 6.18. The molecule has 12 heteroatoms. The van der Waals surface area contributed by atoms with Gasteiger partial charge in [0.25, 0.3) is 5.91 Å². The molecule has 0 unspecified atom stereocenters. The highest BCUT2D eigenvalue weighted by molar-refractivity contribution is 6.39. The molecule has 2 saturated heterocycles. The van der Waals surface area contributed by atoms with Crippen LogP contribution >= 0.6 is 23.2 Å². The summed E-state index contributed by atoms with van der Waals surface area (Å²) in [5.41, 5.74) is -3.32. The first-order valence-electron chi connectivity index (χ1n) is 12.8. The number of ether oxygens (including phenoxy) is 1. The van der Waals surface area contributed by atoms with Crippen LogP contribution in [0.5, 0.6) is 0 Å². The molecule has 4 rings (SSSR count). The Morgan fingerprint density at radius 1 is 1.16 bits per heavy atom. The number of alkyl halides is 3. The Kier molecular flexibility index (Phi) is 8.45. The maximum absolute atomic E-state index is 14.2. The number of amides is 1. The predicted octanol–water partition coefficient (Wildman–Crippen LogP) is 5.89. The van der Waals surface area contributed by atoms with Crippen molar-refractivity contribution in [1.29, 1.82) is 5.41 Å². The van der Waals surface area contributed by atoms with Crippen LogP contribution < -0.4 is 5.32 Å². The fourth-order valence-corrected chi connectivity index (χ4v) is 6.38. The summed E-state index contributed by atoms with van der Waals surface area (Å²) in [7, 11) is 0. The largest absolute Gasteiger partial charge is 0.431 e. The highest BCUT2D eigenvalue weighted by Gasteiger charge is 2.54. The Labute approximate surface area is 229 Å². The van der Waals surface area contributed by atoms with Crippen molar-refractivity contribution in [2.75, 3.05) is 13.1 Å². The Bertz CT molecular complexity index is 1110. The lowest BCUT2D eigenvalue weighted by Crippen LogP contribution is -2.48. The van der Waals surface area contributed by atoms with E-state index in [1.807, 2.05) is 6.92 Å². The van der Waals surface area contributed by atoms with Gasteiger partial charge in [-0.1, -0.05) is 42.5 Å². The van der Waals surface area contributed by atoms with Gasteiger partial charge in [-0.25, -0.2) is 0 Å². The monoisotopic (exact) mass is 574 g/mol. The van der Waals surface area contributed by atoms with Crippen LogP contribution in [0.1, 0.15) is 75.1 Å². The SMILES string of the molecule is CC12CCC(CN(CC(=O)c3c(Cl)cncc3Cl)C(=O)/C(C=N)=C(/NC3CCCCC3)C(F)(F)F)(CC1)O2. The van der Waals surface area contributed by atoms with Gasteiger partial charge < -0.3 is 20.4 Å². The molecule has 0 radical (unpaired) electrons. The molecule has 1 aromatic rings. The van der Waals surface area contributed by atoms with Crippen molar-refractivity contribution in [2.45, 2.75) is 88.1 Å². The standard InChI is InChI=1S/C26H31Cl2F3N4O3/c1-24-7-9-25(38-24,10-8-24)15-35(14-20(36)21-18(27)12-33-13-19(21)28)23(37)17(11-32)22(26(29,30)31)34-16-5-3-2-4-6-16/h11-13,16,32,34H,2-10,14-15H2,1H3/b22-17+,32-11?. The normalized spacial score (nSPS) is 26.2. The van der Waals surface area contributed by atoms with Crippen LogP contribution in [0.15, 0.2) is 23.7 Å². The number of fused-ring (bicyclic) bond motifs is 2. The molecule has 3 fully saturated rings. The molecule has 2 aliphatic heterocycles. The Balaban J connectivity index is 1.70. The van der Waals surface area contributed by atoms with Gasteiger partial charge >= 0.3 is 6.18 Å². The van der Waals surface area contributed by atoms with Crippen LogP contribution in [0, 0.1) is 5.41 Å². The second kappa shape index (κ2) is 11.1. The van der Waals surface area contributed by atoms with Crippen LogP contribution in [0.4, 0.5) is 13.2 Å². The first-order valence-corrected chi connectivity index (χ1v) is 13.5. The van der Waals surface area contributed by atoms with E-state index >= 15 is 0 Å². The van der Waals surface area contributed by atoms with Gasteiger partial charge in [0, 0.05) is 24.7 Å². The number of hydrogen-bond donors (Lipinski definition) is 2. The van der Waals surface area contributed by atoms with Crippen molar-refractivity contribution in [3.63, 3.8) is 0 Å². The summed E-state index contributed by atoms with van der Waals surface area (Å²) in [4.78, 5) is 31.9. The Hall–Kier alpha value is -2.17. The molecule has 1 aromatic heterocycles. The van der Waals surface area contributed by atoms with Crippen molar-refractivity contribution in [1.82, 2.24) is 15.2 Å². The van der Waals surface area contributed by atoms with Crippen molar-refractivity contribution < 1.29 is 27.5 Å². The van der Waals surface area contributed by atoms with Gasteiger partial charge in [0.1, 0.15) is 5.70 Å². The molecule has 0 aromatic carbocycles. The third-order valence-corrected chi connectivity index (χ3v) is 8.37. The van der Waals surface area contributed by atoms with E-state index < -0.39 is 47.3 Å². The third-order valence-electron chi connectivity index (χ3n) is 7.80. The number of nitrogens with zero attached hydrogens (tertiary/aromatic N) is 2. The Morgan fingerprint density at radius 2 is 1.76 bits per heavy atom. The van der Waals surface area contributed by atoms with Gasteiger partial charge in [-0.05, 0) is 45.4 Å². The molecule has 0 spiro atoms. The minimum absolute atomic E-state index is 0.0311. The van der Waals surface area contributed by atoms with Crippen molar-refractivity contribution in [3.8, 4) is 0 Å². The summed E-state index contributed by atoms with van der Waals surface area (Å²) >= 11 is 12.3. The van der Waals surface area contributed by atoms with Crippen LogP contribution in [-0.4, -0.2) is 64.3 Å². The number of allylic oxidation sites excluding steroid dienone is 1. The van der Waals surface area contributed by atoms with E-state index in [4.69, 9.17) is 33.3 Å². The second-order valence-electron chi connectivity index (χ2n) is 10.7. The average molecular weight is 575 g/mol. The maximum atomic E-state index is 14.2. The van der Waals surface area contributed by atoms with Gasteiger partial charge in [-0.3, -0.25) is 14.6 Å². The van der Waals surface area contributed by atoms with Gasteiger partial charge in [-0.15, -0.1) is 0 Å². The number of halogens is 5. The number of Topliss-reactive ketones (excluding diaryl/α,β-unsaturated/α-hetero) is 1. The number of carbonyl (C=O) groups excluding carboxylic acids is 2.